The van der Waals surface area contributed by atoms with E-state index in [4.69, 9.17) is 22.6 Å². The van der Waals surface area contributed by atoms with Crippen LogP contribution in [0.25, 0.3) is 0 Å². The number of nitriles is 1. The molecule has 0 aliphatic carbocycles. The van der Waals surface area contributed by atoms with Gasteiger partial charge in [0.05, 0.1) is 17.0 Å². The Bertz CT molecular complexity index is 595. The van der Waals surface area contributed by atoms with Crippen LogP contribution in [0.1, 0.15) is 13.8 Å². The SMILES string of the molecule is CCN(CC(C)C#N)S(=O)(=O)c1ccc(N)cc1Cl. The van der Waals surface area contributed by atoms with Gasteiger partial charge >= 0.3 is 0 Å². The standard InChI is InChI=1S/C12H16ClN3O2S/c1-3-16(8-9(2)7-14)19(17,18)12-5-4-10(15)6-11(12)13/h4-6,9H,3,8,15H2,1-2H3. The smallest absolute Gasteiger partial charge is 0.244 e. The Labute approximate surface area is 118 Å². The molecule has 1 atom stereocenters. The highest BCUT2D eigenvalue weighted by molar-refractivity contribution is 7.89. The summed E-state index contributed by atoms with van der Waals surface area (Å²) in [6.07, 6.45) is 0. The summed E-state index contributed by atoms with van der Waals surface area (Å²) in [6.45, 7) is 3.79. The molecule has 19 heavy (non-hydrogen) atoms. The largest absolute Gasteiger partial charge is 0.399 e. The second-order valence-corrected chi connectivity index (χ2v) is 6.49. The zero-order valence-corrected chi connectivity index (χ0v) is 12.4. The van der Waals surface area contributed by atoms with Crippen molar-refractivity contribution in [3.05, 3.63) is 23.2 Å². The summed E-state index contributed by atoms with van der Waals surface area (Å²) in [5.74, 6) is -0.387. The number of nitrogens with zero attached hydrogens (tertiary/aromatic N) is 2. The Hall–Kier alpha value is -1.29. The van der Waals surface area contributed by atoms with E-state index in [-0.39, 0.29) is 28.9 Å². The maximum absolute atomic E-state index is 12.4. The molecule has 2 N–H and O–H groups in total. The van der Waals surface area contributed by atoms with Crippen molar-refractivity contribution < 1.29 is 8.42 Å². The highest BCUT2D eigenvalue weighted by Crippen LogP contribution is 2.26. The van der Waals surface area contributed by atoms with E-state index in [0.717, 1.165) is 0 Å². The Morgan fingerprint density at radius 2 is 2.16 bits per heavy atom. The van der Waals surface area contributed by atoms with Crippen LogP contribution in [-0.4, -0.2) is 25.8 Å². The molecule has 0 heterocycles. The van der Waals surface area contributed by atoms with Crippen molar-refractivity contribution in [3.8, 4) is 6.07 Å². The van der Waals surface area contributed by atoms with Crippen LogP contribution in [0.15, 0.2) is 23.1 Å². The van der Waals surface area contributed by atoms with Crippen molar-refractivity contribution in [3.63, 3.8) is 0 Å². The van der Waals surface area contributed by atoms with E-state index in [9.17, 15) is 8.42 Å². The lowest BCUT2D eigenvalue weighted by Gasteiger charge is -2.22. The van der Waals surface area contributed by atoms with Gasteiger partial charge in [-0.1, -0.05) is 18.5 Å². The predicted octanol–water partition coefficient (Wildman–Crippen LogP) is 2.09. The van der Waals surface area contributed by atoms with Crippen molar-refractivity contribution in [2.24, 2.45) is 5.92 Å². The first kappa shape index (κ1) is 15.8. The quantitative estimate of drug-likeness (QED) is 0.844. The molecule has 0 aliphatic rings. The van der Waals surface area contributed by atoms with E-state index >= 15 is 0 Å². The van der Waals surface area contributed by atoms with E-state index < -0.39 is 10.0 Å². The third-order valence-electron chi connectivity index (χ3n) is 2.62. The lowest BCUT2D eigenvalue weighted by atomic mass is 10.2. The number of halogens is 1. The fraction of sp³-hybridized carbons (Fsp3) is 0.417. The Balaban J connectivity index is 3.18. The van der Waals surface area contributed by atoms with Crippen LogP contribution in [-0.2, 0) is 10.0 Å². The number of benzene rings is 1. The molecule has 0 aromatic heterocycles. The van der Waals surface area contributed by atoms with Gasteiger partial charge in [0.25, 0.3) is 0 Å². The minimum Gasteiger partial charge on any atom is -0.399 e. The summed E-state index contributed by atoms with van der Waals surface area (Å²) in [5, 5.41) is 8.88. The van der Waals surface area contributed by atoms with E-state index in [1.54, 1.807) is 13.8 Å². The van der Waals surface area contributed by atoms with Crippen molar-refractivity contribution in [2.75, 3.05) is 18.8 Å². The van der Waals surface area contributed by atoms with Crippen LogP contribution >= 0.6 is 11.6 Å². The molecule has 0 aliphatic heterocycles. The fourth-order valence-corrected chi connectivity index (χ4v) is 3.67. The zero-order chi connectivity index (χ0) is 14.6. The highest BCUT2D eigenvalue weighted by Gasteiger charge is 2.26. The van der Waals surface area contributed by atoms with Gasteiger partial charge in [0.15, 0.2) is 0 Å². The van der Waals surface area contributed by atoms with Gasteiger partial charge in [-0.05, 0) is 25.1 Å². The van der Waals surface area contributed by atoms with Gasteiger partial charge in [0.2, 0.25) is 10.0 Å². The second-order valence-electron chi connectivity index (χ2n) is 4.18. The van der Waals surface area contributed by atoms with E-state index in [0.29, 0.717) is 5.69 Å². The summed E-state index contributed by atoms with van der Waals surface area (Å²) in [5.41, 5.74) is 5.95. The second kappa shape index (κ2) is 6.24. The molecule has 0 spiro atoms. The molecule has 0 saturated heterocycles. The predicted molar refractivity (Wildman–Crippen MR) is 75.1 cm³/mol. The molecule has 0 fully saturated rings. The molecule has 7 heteroatoms. The molecular formula is C12H16ClN3O2S. The van der Waals surface area contributed by atoms with E-state index in [2.05, 4.69) is 0 Å². The maximum atomic E-state index is 12.4. The van der Waals surface area contributed by atoms with Crippen molar-refractivity contribution in [1.82, 2.24) is 4.31 Å². The lowest BCUT2D eigenvalue weighted by Crippen LogP contribution is -2.34. The van der Waals surface area contributed by atoms with Crippen LogP contribution < -0.4 is 5.73 Å². The van der Waals surface area contributed by atoms with E-state index in [1.807, 2.05) is 6.07 Å². The third kappa shape index (κ3) is 3.60. The average molecular weight is 302 g/mol. The number of hydrogen-bond donors (Lipinski definition) is 1. The molecule has 1 unspecified atom stereocenters. The topological polar surface area (TPSA) is 87.2 Å². The van der Waals surface area contributed by atoms with Gasteiger partial charge < -0.3 is 5.73 Å². The molecule has 0 amide bonds. The Kier molecular flexibility index (Phi) is 5.18. The molecule has 1 rings (SSSR count). The molecule has 104 valence electrons. The van der Waals surface area contributed by atoms with Gasteiger partial charge in [0.1, 0.15) is 4.90 Å². The van der Waals surface area contributed by atoms with E-state index in [1.165, 1.54) is 22.5 Å². The van der Waals surface area contributed by atoms with Gasteiger partial charge in [-0.2, -0.15) is 9.57 Å². The zero-order valence-electron chi connectivity index (χ0n) is 10.8. The highest BCUT2D eigenvalue weighted by atomic mass is 35.5. The molecule has 0 radical (unpaired) electrons. The van der Waals surface area contributed by atoms with Crippen molar-refractivity contribution >= 4 is 27.3 Å². The summed E-state index contributed by atoms with van der Waals surface area (Å²) in [7, 11) is -3.71. The van der Waals surface area contributed by atoms with Crippen LogP contribution in [0.2, 0.25) is 5.02 Å². The summed E-state index contributed by atoms with van der Waals surface area (Å²) >= 11 is 5.93. The summed E-state index contributed by atoms with van der Waals surface area (Å²) in [4.78, 5) is 0.00959. The Morgan fingerprint density at radius 1 is 1.53 bits per heavy atom. The van der Waals surface area contributed by atoms with Crippen molar-refractivity contribution in [1.29, 1.82) is 5.26 Å². The first-order valence-electron chi connectivity index (χ1n) is 5.77. The monoisotopic (exact) mass is 301 g/mol. The van der Waals surface area contributed by atoms with Crippen LogP contribution in [0.3, 0.4) is 0 Å². The van der Waals surface area contributed by atoms with Crippen LogP contribution in [0.5, 0.6) is 0 Å². The number of rotatable bonds is 5. The minimum atomic E-state index is -3.71. The summed E-state index contributed by atoms with van der Waals surface area (Å²) in [6, 6.07) is 6.28. The molecular weight excluding hydrogens is 286 g/mol. The number of nitrogen functional groups attached to an aromatic ring is 1. The van der Waals surface area contributed by atoms with Crippen LogP contribution in [0, 0.1) is 17.2 Å². The Morgan fingerprint density at radius 3 is 2.63 bits per heavy atom. The molecule has 1 aromatic rings. The fourth-order valence-electron chi connectivity index (χ4n) is 1.61. The van der Waals surface area contributed by atoms with Gasteiger partial charge in [0, 0.05) is 18.8 Å². The van der Waals surface area contributed by atoms with Gasteiger partial charge in [-0.25, -0.2) is 8.42 Å². The maximum Gasteiger partial charge on any atom is 0.244 e. The van der Waals surface area contributed by atoms with Gasteiger partial charge in [-0.15, -0.1) is 0 Å². The molecule has 0 saturated carbocycles. The summed E-state index contributed by atoms with van der Waals surface area (Å²) < 4.78 is 26.1. The lowest BCUT2D eigenvalue weighted by molar-refractivity contribution is 0.400. The molecule has 0 bridgehead atoms. The number of anilines is 1. The average Bonchev–Trinajstić information content (AvgIpc) is 2.34. The number of nitrogens with two attached hydrogens (primary N) is 1. The first-order chi connectivity index (χ1) is 8.82. The molecule has 1 aromatic carbocycles. The van der Waals surface area contributed by atoms with Crippen LogP contribution in [0.4, 0.5) is 5.69 Å². The van der Waals surface area contributed by atoms with Gasteiger partial charge in [-0.3, -0.25) is 0 Å². The first-order valence-corrected chi connectivity index (χ1v) is 7.59. The third-order valence-corrected chi connectivity index (χ3v) is 5.05. The molecule has 5 nitrogen and oxygen atoms in total. The number of hydrogen-bond acceptors (Lipinski definition) is 4. The number of sulfonamides is 1. The normalized spacial score (nSPS) is 13.2. The minimum absolute atomic E-state index is 0.00959. The van der Waals surface area contributed by atoms with Crippen molar-refractivity contribution in [2.45, 2.75) is 18.7 Å².